The van der Waals surface area contributed by atoms with Gasteiger partial charge in [0, 0.05) is 43.4 Å². The van der Waals surface area contributed by atoms with Gasteiger partial charge in [0.25, 0.3) is 0 Å². The van der Waals surface area contributed by atoms with Gasteiger partial charge in [-0.15, -0.1) is 11.3 Å². The Morgan fingerprint density at radius 1 is 0.559 bits per heavy atom. The maximum absolute atomic E-state index is 5.62. The zero-order chi connectivity index (χ0) is 40.8. The van der Waals surface area contributed by atoms with Crippen molar-refractivity contribution in [3.8, 4) is 44.8 Å². The van der Waals surface area contributed by atoms with Crippen LogP contribution in [0.4, 0.5) is 17.1 Å². The molecule has 0 atom stereocenters. The Balaban J connectivity index is 1.17. The minimum absolute atomic E-state index is 0.0787. The third kappa shape index (κ3) is 6.33. The topological polar surface area (TPSA) is 16.1 Å². The van der Waals surface area contributed by atoms with Gasteiger partial charge >= 0.3 is 0 Å². The highest BCUT2D eigenvalue weighted by molar-refractivity contribution is 7.17. The largest absolute Gasteiger partial charge is 0.309 e. The summed E-state index contributed by atoms with van der Waals surface area (Å²) in [6.45, 7) is 18.4. The molecule has 0 spiro atoms. The fourth-order valence-corrected chi connectivity index (χ4v) is 10.5. The van der Waals surface area contributed by atoms with Gasteiger partial charge < -0.3 is 4.90 Å². The fourth-order valence-electron chi connectivity index (χ4n) is 9.54. The van der Waals surface area contributed by atoms with Crippen LogP contribution in [0.2, 0.25) is 0 Å². The van der Waals surface area contributed by atoms with Crippen LogP contribution in [0.25, 0.3) is 54.9 Å². The molecule has 0 unspecified atom stereocenters. The van der Waals surface area contributed by atoms with Crippen LogP contribution < -0.4 is 4.90 Å². The molecule has 2 aromatic heterocycles. The summed E-state index contributed by atoms with van der Waals surface area (Å²) in [4.78, 5) is 8.11. The molecule has 2 aliphatic carbocycles. The number of nitrogens with zero attached hydrogens (tertiary/aromatic N) is 2. The smallest absolute Gasteiger partial charge is 0.0751 e. The van der Waals surface area contributed by atoms with Gasteiger partial charge in [-0.1, -0.05) is 159 Å². The number of anilines is 3. The lowest BCUT2D eigenvalue weighted by Crippen LogP contribution is -2.17. The molecular formula is C56H52N2S. The SMILES string of the molecule is CC(C)(C)c1ccc(-c2cc(-c3ccc(C(C)(C)C)cc3)c3c(n2)-c2cc(N(c4ccc5c(c4)C(C)(C)c4ccccc4-5)c4csc5ccccc45)ccc2CC3)cc1. The van der Waals surface area contributed by atoms with Crippen molar-refractivity contribution in [1.29, 1.82) is 0 Å². The molecule has 10 rings (SSSR count). The Labute approximate surface area is 354 Å². The molecule has 0 aliphatic heterocycles. The van der Waals surface area contributed by atoms with E-state index in [1.54, 1.807) is 0 Å². The second-order valence-electron chi connectivity index (χ2n) is 19.2. The molecular weight excluding hydrogens is 733 g/mol. The number of hydrogen-bond donors (Lipinski definition) is 0. The summed E-state index contributed by atoms with van der Waals surface area (Å²) < 4.78 is 1.29. The van der Waals surface area contributed by atoms with E-state index in [0.29, 0.717) is 0 Å². The number of rotatable bonds is 5. The molecule has 0 bridgehead atoms. The predicted octanol–water partition coefficient (Wildman–Crippen LogP) is 15.8. The van der Waals surface area contributed by atoms with Gasteiger partial charge in [0.2, 0.25) is 0 Å². The van der Waals surface area contributed by atoms with Gasteiger partial charge in [-0.05, 0) is 116 Å². The third-order valence-corrected chi connectivity index (χ3v) is 14.0. The lowest BCUT2D eigenvalue weighted by Gasteiger charge is -2.30. The number of aryl methyl sites for hydroxylation is 1. The predicted molar refractivity (Wildman–Crippen MR) is 253 cm³/mol. The highest BCUT2D eigenvalue weighted by Crippen LogP contribution is 2.52. The zero-order valence-electron chi connectivity index (χ0n) is 35.6. The normalized spacial score (nSPS) is 14.1. The van der Waals surface area contributed by atoms with E-state index in [1.165, 1.54) is 82.7 Å². The molecule has 0 fully saturated rings. The van der Waals surface area contributed by atoms with E-state index in [0.717, 1.165) is 35.5 Å². The third-order valence-electron chi connectivity index (χ3n) is 13.0. The highest BCUT2D eigenvalue weighted by Gasteiger charge is 2.36. The molecule has 0 saturated carbocycles. The summed E-state index contributed by atoms with van der Waals surface area (Å²) in [6, 6.07) is 52.7. The van der Waals surface area contributed by atoms with Crippen LogP contribution in [-0.4, -0.2) is 4.98 Å². The standard InChI is InChI=1S/C56H52N2S/c1-54(2,3)38-23-17-35(18-24-38)46-33-50(37-19-25-39(26-20-37)55(4,5)6)57-53-44(46)29-22-36-21-27-40(31-47(36)53)58(51-34-59-52-16-12-10-14-45(51)52)41-28-30-43-42-13-9-11-15-48(42)56(7,8)49(43)32-41/h9-21,23-28,30-34H,22,29H2,1-8H3. The zero-order valence-corrected chi connectivity index (χ0v) is 36.4. The summed E-state index contributed by atoms with van der Waals surface area (Å²) in [7, 11) is 0. The molecule has 0 amide bonds. The maximum Gasteiger partial charge on any atom is 0.0751 e. The molecule has 59 heavy (non-hydrogen) atoms. The van der Waals surface area contributed by atoms with Crippen molar-refractivity contribution in [1.82, 2.24) is 4.98 Å². The summed E-state index contributed by atoms with van der Waals surface area (Å²) in [5, 5.41) is 3.60. The van der Waals surface area contributed by atoms with Crippen molar-refractivity contribution in [3.63, 3.8) is 0 Å². The first-order valence-electron chi connectivity index (χ1n) is 21.2. The van der Waals surface area contributed by atoms with Gasteiger partial charge in [-0.2, -0.15) is 0 Å². The van der Waals surface area contributed by atoms with E-state index in [-0.39, 0.29) is 16.2 Å². The summed E-state index contributed by atoms with van der Waals surface area (Å²) in [6.07, 6.45) is 1.93. The van der Waals surface area contributed by atoms with Crippen molar-refractivity contribution in [2.75, 3.05) is 4.90 Å². The number of hydrogen-bond acceptors (Lipinski definition) is 3. The molecule has 6 aromatic carbocycles. The Kier molecular flexibility index (Phi) is 8.67. The van der Waals surface area contributed by atoms with E-state index in [4.69, 9.17) is 4.98 Å². The number of fused-ring (bicyclic) bond motifs is 7. The van der Waals surface area contributed by atoms with Gasteiger partial charge in [0.05, 0.1) is 17.1 Å². The number of thiophene rings is 1. The van der Waals surface area contributed by atoms with E-state index in [9.17, 15) is 0 Å². The van der Waals surface area contributed by atoms with E-state index >= 15 is 0 Å². The minimum atomic E-state index is -0.105. The van der Waals surface area contributed by atoms with Crippen molar-refractivity contribution < 1.29 is 0 Å². The van der Waals surface area contributed by atoms with Crippen LogP contribution in [0.5, 0.6) is 0 Å². The van der Waals surface area contributed by atoms with Crippen LogP contribution in [0.3, 0.4) is 0 Å². The van der Waals surface area contributed by atoms with Gasteiger partial charge in [-0.25, -0.2) is 4.98 Å². The maximum atomic E-state index is 5.62. The van der Waals surface area contributed by atoms with Crippen molar-refractivity contribution in [2.45, 2.75) is 84.5 Å². The fraction of sp³-hybridized carbons (Fsp3) is 0.232. The Bertz CT molecular complexity index is 2910. The van der Waals surface area contributed by atoms with E-state index in [2.05, 4.69) is 205 Å². The van der Waals surface area contributed by atoms with E-state index < -0.39 is 0 Å². The van der Waals surface area contributed by atoms with Crippen molar-refractivity contribution >= 4 is 38.5 Å². The van der Waals surface area contributed by atoms with Crippen LogP contribution >= 0.6 is 11.3 Å². The number of pyridine rings is 1. The monoisotopic (exact) mass is 784 g/mol. The molecule has 8 aromatic rings. The van der Waals surface area contributed by atoms with Crippen LogP contribution in [0.15, 0.2) is 145 Å². The van der Waals surface area contributed by atoms with Gasteiger partial charge in [0.1, 0.15) is 0 Å². The number of benzene rings is 6. The average molecular weight is 785 g/mol. The molecule has 2 nitrogen and oxygen atoms in total. The van der Waals surface area contributed by atoms with Crippen molar-refractivity contribution in [3.05, 3.63) is 178 Å². The molecule has 2 aliphatic rings. The molecule has 0 saturated heterocycles. The van der Waals surface area contributed by atoms with Gasteiger partial charge in [0.15, 0.2) is 0 Å². The Morgan fingerprint density at radius 3 is 1.92 bits per heavy atom. The Hall–Kier alpha value is -5.77. The Morgan fingerprint density at radius 2 is 1.19 bits per heavy atom. The molecule has 0 radical (unpaired) electrons. The first kappa shape index (κ1) is 37.5. The van der Waals surface area contributed by atoms with Crippen molar-refractivity contribution in [2.24, 2.45) is 0 Å². The molecule has 2 heterocycles. The molecule has 292 valence electrons. The van der Waals surface area contributed by atoms with Gasteiger partial charge in [-0.3, -0.25) is 0 Å². The summed E-state index contributed by atoms with van der Waals surface area (Å²) >= 11 is 1.81. The number of aromatic nitrogens is 1. The average Bonchev–Trinajstić information content (AvgIpc) is 3.75. The quantitative estimate of drug-likeness (QED) is 0.173. The van der Waals surface area contributed by atoms with E-state index in [1.807, 2.05) is 11.3 Å². The summed E-state index contributed by atoms with van der Waals surface area (Å²) in [5.74, 6) is 0. The lowest BCUT2D eigenvalue weighted by molar-refractivity contribution is 0.590. The van der Waals surface area contributed by atoms with Crippen LogP contribution in [-0.2, 0) is 29.1 Å². The molecule has 0 N–H and O–H groups in total. The van der Waals surface area contributed by atoms with Crippen LogP contribution in [0.1, 0.15) is 88.8 Å². The highest BCUT2D eigenvalue weighted by atomic mass is 32.1. The second kappa shape index (κ2) is 13.6. The minimum Gasteiger partial charge on any atom is -0.309 e. The second-order valence-corrected chi connectivity index (χ2v) is 20.1. The lowest BCUT2D eigenvalue weighted by atomic mass is 9.82. The molecule has 3 heteroatoms. The summed E-state index contributed by atoms with van der Waals surface area (Å²) in [5.41, 5.74) is 21.4. The van der Waals surface area contributed by atoms with Crippen LogP contribution in [0, 0.1) is 0 Å². The first-order chi connectivity index (χ1) is 28.3. The first-order valence-corrected chi connectivity index (χ1v) is 22.0.